The molecular weight excluding hydrogens is 176 g/mol. The van der Waals surface area contributed by atoms with Crippen molar-refractivity contribution < 1.29 is 10.2 Å². The molecule has 80 valence electrons. The molecule has 0 saturated heterocycles. The summed E-state index contributed by atoms with van der Waals surface area (Å²) in [6, 6.07) is 0. The summed E-state index contributed by atoms with van der Waals surface area (Å²) in [5.74, 6) is 1.50. The maximum Gasteiger partial charge on any atom is 0.0808 e. The summed E-state index contributed by atoms with van der Waals surface area (Å²) in [7, 11) is 0. The van der Waals surface area contributed by atoms with Gasteiger partial charge in [-0.2, -0.15) is 0 Å². The van der Waals surface area contributed by atoms with Crippen molar-refractivity contribution >= 4 is 0 Å². The van der Waals surface area contributed by atoms with Crippen molar-refractivity contribution in [1.29, 1.82) is 0 Å². The molecule has 0 aromatic carbocycles. The zero-order chi connectivity index (χ0) is 10.3. The van der Waals surface area contributed by atoms with Crippen LogP contribution in [-0.4, -0.2) is 22.9 Å². The number of aliphatic hydroxyl groups is 2. The third kappa shape index (κ3) is 1.41. The maximum absolute atomic E-state index is 9.42. The molecule has 1 saturated carbocycles. The molecule has 0 aliphatic heterocycles. The number of fused-ring (bicyclic) bond motifs is 1. The molecule has 2 N–H and O–H groups in total. The lowest BCUT2D eigenvalue weighted by molar-refractivity contribution is -0.0144. The van der Waals surface area contributed by atoms with E-state index in [-0.39, 0.29) is 6.61 Å². The first kappa shape index (κ1) is 10.2. The highest BCUT2D eigenvalue weighted by Crippen LogP contribution is 2.59. The highest BCUT2D eigenvalue weighted by atomic mass is 16.3. The van der Waals surface area contributed by atoms with Crippen LogP contribution in [0.5, 0.6) is 0 Å². The normalized spacial score (nSPS) is 35.9. The van der Waals surface area contributed by atoms with E-state index in [0.717, 1.165) is 12.3 Å². The molecule has 2 heteroatoms. The maximum atomic E-state index is 9.42. The highest BCUT2D eigenvalue weighted by molar-refractivity contribution is 5.23. The molecule has 14 heavy (non-hydrogen) atoms. The molecule has 0 aromatic rings. The van der Waals surface area contributed by atoms with Crippen molar-refractivity contribution in [2.45, 2.75) is 39.2 Å². The van der Waals surface area contributed by atoms with E-state index in [1.807, 2.05) is 0 Å². The molecule has 0 radical (unpaired) electrons. The van der Waals surface area contributed by atoms with Crippen LogP contribution in [0.2, 0.25) is 0 Å². The first-order chi connectivity index (χ1) is 6.55. The van der Waals surface area contributed by atoms with E-state index in [1.165, 1.54) is 12.0 Å². The molecule has 3 aliphatic rings. The Kier molecular flexibility index (Phi) is 2.44. The van der Waals surface area contributed by atoms with Gasteiger partial charge >= 0.3 is 0 Å². The van der Waals surface area contributed by atoms with Crippen LogP contribution in [-0.2, 0) is 0 Å². The molecule has 0 aromatic heterocycles. The Hall–Kier alpha value is -0.340. The second-order valence-corrected chi connectivity index (χ2v) is 5.36. The van der Waals surface area contributed by atoms with Crippen molar-refractivity contribution in [2.24, 2.45) is 17.3 Å². The highest BCUT2D eigenvalue weighted by Gasteiger charge is 2.50. The largest absolute Gasteiger partial charge is 0.394 e. The zero-order valence-corrected chi connectivity index (χ0v) is 9.03. The van der Waals surface area contributed by atoms with Gasteiger partial charge < -0.3 is 10.2 Å². The fraction of sp³-hybridized carbons (Fsp3) is 0.833. The minimum Gasteiger partial charge on any atom is -0.394 e. The van der Waals surface area contributed by atoms with E-state index in [1.54, 1.807) is 0 Å². The second kappa shape index (κ2) is 3.35. The summed E-state index contributed by atoms with van der Waals surface area (Å²) in [4.78, 5) is 0. The molecule has 0 unspecified atom stereocenters. The molecule has 3 aliphatic carbocycles. The Balaban J connectivity index is 2.04. The minimum atomic E-state index is -0.561. The van der Waals surface area contributed by atoms with Crippen LogP contribution in [0.1, 0.15) is 33.1 Å². The standard InChI is InChI=1S/C12H20O2/c1-12(2)9-4-3-8(11(12)6-9)5-10(14)7-13/h3,9-11,13-14H,4-7H2,1-2H3/t9-,10+,11-/m0/s1. The van der Waals surface area contributed by atoms with Crippen LogP contribution < -0.4 is 0 Å². The molecular formula is C12H20O2. The molecule has 0 amide bonds. The van der Waals surface area contributed by atoms with Crippen molar-refractivity contribution in [3.63, 3.8) is 0 Å². The SMILES string of the molecule is CC1(C)[C@H]2CC=C(C[C@@H](O)CO)[C@@H]1C2. The van der Waals surface area contributed by atoms with Gasteiger partial charge in [0.1, 0.15) is 0 Å². The molecule has 1 fully saturated rings. The topological polar surface area (TPSA) is 40.5 Å². The average molecular weight is 196 g/mol. The van der Waals surface area contributed by atoms with Crippen LogP contribution in [0.4, 0.5) is 0 Å². The first-order valence-electron chi connectivity index (χ1n) is 5.53. The van der Waals surface area contributed by atoms with Crippen molar-refractivity contribution in [3.05, 3.63) is 11.6 Å². The summed E-state index contributed by atoms with van der Waals surface area (Å²) in [5, 5.41) is 18.2. The Morgan fingerprint density at radius 3 is 2.79 bits per heavy atom. The van der Waals surface area contributed by atoms with E-state index in [0.29, 0.717) is 17.8 Å². The van der Waals surface area contributed by atoms with Crippen LogP contribution in [0.15, 0.2) is 11.6 Å². The number of rotatable bonds is 3. The number of allylic oxidation sites excluding steroid dienone is 1. The minimum absolute atomic E-state index is 0.117. The molecule has 0 heterocycles. The van der Waals surface area contributed by atoms with Gasteiger partial charge in [0, 0.05) is 0 Å². The quantitative estimate of drug-likeness (QED) is 0.675. The van der Waals surface area contributed by atoms with Crippen LogP contribution in [0.3, 0.4) is 0 Å². The zero-order valence-electron chi connectivity index (χ0n) is 9.03. The van der Waals surface area contributed by atoms with E-state index >= 15 is 0 Å². The lowest BCUT2D eigenvalue weighted by atomic mass is 9.48. The number of hydrogen-bond donors (Lipinski definition) is 2. The van der Waals surface area contributed by atoms with Gasteiger partial charge in [-0.15, -0.1) is 0 Å². The second-order valence-electron chi connectivity index (χ2n) is 5.36. The van der Waals surface area contributed by atoms with Crippen molar-refractivity contribution in [1.82, 2.24) is 0 Å². The Morgan fingerprint density at radius 1 is 1.57 bits per heavy atom. The van der Waals surface area contributed by atoms with Crippen LogP contribution in [0.25, 0.3) is 0 Å². The molecule has 2 nitrogen and oxygen atoms in total. The van der Waals surface area contributed by atoms with Gasteiger partial charge in [-0.25, -0.2) is 0 Å². The van der Waals surface area contributed by atoms with Crippen LogP contribution >= 0.6 is 0 Å². The lowest BCUT2D eigenvalue weighted by Crippen LogP contribution is -2.48. The predicted molar refractivity (Wildman–Crippen MR) is 55.8 cm³/mol. The summed E-state index contributed by atoms with van der Waals surface area (Å²) < 4.78 is 0. The van der Waals surface area contributed by atoms with Crippen molar-refractivity contribution in [3.8, 4) is 0 Å². The van der Waals surface area contributed by atoms with Gasteiger partial charge in [-0.05, 0) is 36.5 Å². The van der Waals surface area contributed by atoms with E-state index < -0.39 is 6.10 Å². The Bertz CT molecular complexity index is 255. The van der Waals surface area contributed by atoms with Gasteiger partial charge in [-0.3, -0.25) is 0 Å². The van der Waals surface area contributed by atoms with E-state index in [9.17, 15) is 5.11 Å². The average Bonchev–Trinajstić information content (AvgIpc) is 2.17. The van der Waals surface area contributed by atoms with Gasteiger partial charge in [0.25, 0.3) is 0 Å². The number of hydrogen-bond acceptors (Lipinski definition) is 2. The summed E-state index contributed by atoms with van der Waals surface area (Å²) in [6.07, 6.45) is 4.84. The van der Waals surface area contributed by atoms with Gasteiger partial charge in [0.15, 0.2) is 0 Å². The summed E-state index contributed by atoms with van der Waals surface area (Å²) >= 11 is 0. The third-order valence-corrected chi connectivity index (χ3v) is 4.26. The van der Waals surface area contributed by atoms with E-state index in [4.69, 9.17) is 5.11 Å². The predicted octanol–water partition coefficient (Wildman–Crippen LogP) is 1.72. The fourth-order valence-electron chi connectivity index (χ4n) is 3.04. The Morgan fingerprint density at radius 2 is 2.29 bits per heavy atom. The summed E-state index contributed by atoms with van der Waals surface area (Å²) in [5.41, 5.74) is 1.80. The first-order valence-corrected chi connectivity index (χ1v) is 5.53. The number of aliphatic hydroxyl groups excluding tert-OH is 2. The molecule has 3 rings (SSSR count). The molecule has 3 atom stereocenters. The molecule has 0 spiro atoms. The molecule has 2 bridgehead atoms. The Labute approximate surface area is 85.6 Å². The summed E-state index contributed by atoms with van der Waals surface area (Å²) in [6.45, 7) is 4.53. The third-order valence-electron chi connectivity index (χ3n) is 4.26. The monoisotopic (exact) mass is 196 g/mol. The fourth-order valence-corrected chi connectivity index (χ4v) is 3.04. The van der Waals surface area contributed by atoms with E-state index in [2.05, 4.69) is 19.9 Å². The van der Waals surface area contributed by atoms with Gasteiger partial charge in [0.05, 0.1) is 12.7 Å². The van der Waals surface area contributed by atoms with Gasteiger partial charge in [-0.1, -0.05) is 25.5 Å². The lowest BCUT2D eigenvalue weighted by Gasteiger charge is -2.56. The van der Waals surface area contributed by atoms with Gasteiger partial charge in [0.2, 0.25) is 0 Å². The van der Waals surface area contributed by atoms with Crippen molar-refractivity contribution in [2.75, 3.05) is 6.61 Å². The van der Waals surface area contributed by atoms with Crippen LogP contribution in [0, 0.1) is 17.3 Å². The smallest absolute Gasteiger partial charge is 0.0808 e.